The molecule has 0 aromatic heterocycles. The van der Waals surface area contributed by atoms with Gasteiger partial charge in [0, 0.05) is 23.8 Å². The Morgan fingerprint density at radius 3 is 2.10 bits per heavy atom. The SMILES string of the molecule is CC(C)N1C2CC[C@H]1CC(S(=O)(=O)NC(=O)Nc1c3c(cc4c1CCC4)CCC3)C2. The van der Waals surface area contributed by atoms with Gasteiger partial charge in [0.1, 0.15) is 0 Å². The molecule has 5 rings (SSSR count). The molecule has 7 heteroatoms. The molecule has 1 aromatic rings. The van der Waals surface area contributed by atoms with Crippen molar-refractivity contribution in [1.29, 1.82) is 0 Å². The molecule has 2 bridgehead atoms. The van der Waals surface area contributed by atoms with Crippen molar-refractivity contribution in [2.24, 2.45) is 0 Å². The van der Waals surface area contributed by atoms with Gasteiger partial charge in [0.2, 0.25) is 10.0 Å². The zero-order chi connectivity index (χ0) is 21.0. The molecule has 1 aromatic carbocycles. The number of hydrogen-bond acceptors (Lipinski definition) is 4. The first-order valence-electron chi connectivity index (χ1n) is 11.6. The van der Waals surface area contributed by atoms with Gasteiger partial charge in [0.05, 0.1) is 5.25 Å². The highest BCUT2D eigenvalue weighted by Gasteiger charge is 2.46. The van der Waals surface area contributed by atoms with E-state index in [-0.39, 0.29) is 0 Å². The highest BCUT2D eigenvalue weighted by atomic mass is 32.2. The second kappa shape index (κ2) is 7.52. The Hall–Kier alpha value is -1.60. The Morgan fingerprint density at radius 1 is 1.00 bits per heavy atom. The number of fused-ring (bicyclic) bond motifs is 4. The lowest BCUT2D eigenvalue weighted by atomic mass is 9.99. The second-order valence-corrected chi connectivity index (χ2v) is 11.8. The number of nitrogens with one attached hydrogen (secondary N) is 2. The number of aryl methyl sites for hydroxylation is 2. The molecule has 0 radical (unpaired) electrons. The standard InChI is InChI=1S/C23H33N3O3S/c1-14(2)26-17-9-10-18(26)13-19(12-17)30(28,29)25-23(27)24-22-20-7-3-5-15(20)11-16-6-4-8-21(16)22/h11,14,17-19H,3-10,12-13H2,1-2H3,(H2,24,25,27)/t17-,18?,19?/m0/s1. The fraction of sp³-hybridized carbons (Fsp3) is 0.696. The molecule has 2 heterocycles. The number of hydrogen-bond donors (Lipinski definition) is 2. The molecule has 2 aliphatic heterocycles. The molecule has 2 aliphatic carbocycles. The fourth-order valence-electron chi connectivity index (χ4n) is 6.58. The molecule has 3 atom stereocenters. The molecule has 6 nitrogen and oxygen atoms in total. The summed E-state index contributed by atoms with van der Waals surface area (Å²) in [6, 6.07) is 2.78. The number of benzene rings is 1. The third kappa shape index (κ3) is 3.44. The van der Waals surface area contributed by atoms with Gasteiger partial charge in [-0.05, 0) is 100 Å². The maximum atomic E-state index is 13.1. The van der Waals surface area contributed by atoms with Crippen molar-refractivity contribution in [1.82, 2.24) is 9.62 Å². The average Bonchev–Trinajstić information content (AvgIpc) is 3.38. The summed E-state index contributed by atoms with van der Waals surface area (Å²) in [5.74, 6) is 0. The minimum absolute atomic E-state index is 0.314. The lowest BCUT2D eigenvalue weighted by Gasteiger charge is -2.41. The van der Waals surface area contributed by atoms with Gasteiger partial charge in [-0.25, -0.2) is 17.9 Å². The average molecular weight is 432 g/mol. The minimum atomic E-state index is -3.69. The van der Waals surface area contributed by atoms with Crippen LogP contribution in [0.1, 0.15) is 74.6 Å². The summed E-state index contributed by atoms with van der Waals surface area (Å²) in [5, 5.41) is 2.48. The number of rotatable bonds is 4. The second-order valence-electron chi connectivity index (χ2n) is 9.85. The van der Waals surface area contributed by atoms with Crippen LogP contribution in [-0.4, -0.2) is 42.7 Å². The molecule has 2 amide bonds. The normalized spacial score (nSPS) is 27.9. The van der Waals surface area contributed by atoms with E-state index in [1.165, 1.54) is 22.3 Å². The van der Waals surface area contributed by atoms with E-state index in [2.05, 4.69) is 34.9 Å². The Balaban J connectivity index is 1.31. The largest absolute Gasteiger partial charge is 0.332 e. The topological polar surface area (TPSA) is 78.5 Å². The predicted molar refractivity (Wildman–Crippen MR) is 118 cm³/mol. The van der Waals surface area contributed by atoms with Crippen molar-refractivity contribution >= 4 is 21.7 Å². The van der Waals surface area contributed by atoms with Crippen LogP contribution in [0.2, 0.25) is 0 Å². The number of urea groups is 1. The summed E-state index contributed by atoms with van der Waals surface area (Å²) in [7, 11) is -3.69. The Morgan fingerprint density at radius 2 is 1.57 bits per heavy atom. The lowest BCUT2D eigenvalue weighted by molar-refractivity contribution is 0.105. The first-order chi connectivity index (χ1) is 14.3. The number of amides is 2. The van der Waals surface area contributed by atoms with Gasteiger partial charge >= 0.3 is 6.03 Å². The van der Waals surface area contributed by atoms with Crippen LogP contribution in [-0.2, 0) is 35.7 Å². The molecule has 0 saturated carbocycles. The summed E-state index contributed by atoms with van der Waals surface area (Å²) in [4.78, 5) is 15.3. The summed E-state index contributed by atoms with van der Waals surface area (Å²) in [6.07, 6.45) is 9.58. The van der Waals surface area contributed by atoms with Crippen LogP contribution >= 0.6 is 0 Å². The van der Waals surface area contributed by atoms with Crippen molar-refractivity contribution in [3.63, 3.8) is 0 Å². The third-order valence-electron chi connectivity index (χ3n) is 7.73. The molecule has 0 spiro atoms. The molecule has 2 fully saturated rings. The summed E-state index contributed by atoms with van der Waals surface area (Å²) in [6.45, 7) is 4.37. The predicted octanol–water partition coefficient (Wildman–Crippen LogP) is 3.52. The monoisotopic (exact) mass is 431 g/mol. The van der Waals surface area contributed by atoms with Gasteiger partial charge in [-0.15, -0.1) is 0 Å². The van der Waals surface area contributed by atoms with Crippen LogP contribution in [0, 0.1) is 0 Å². The van der Waals surface area contributed by atoms with Gasteiger partial charge in [-0.2, -0.15) is 0 Å². The molecule has 2 saturated heterocycles. The summed E-state index contributed by atoms with van der Waals surface area (Å²) >= 11 is 0. The Bertz CT molecular complexity index is 926. The first-order valence-corrected chi connectivity index (χ1v) is 13.1. The quantitative estimate of drug-likeness (QED) is 0.765. The van der Waals surface area contributed by atoms with Crippen LogP contribution in [0.15, 0.2) is 6.07 Å². The zero-order valence-electron chi connectivity index (χ0n) is 18.0. The van der Waals surface area contributed by atoms with E-state index in [4.69, 9.17) is 0 Å². The van der Waals surface area contributed by atoms with Crippen LogP contribution in [0.25, 0.3) is 0 Å². The molecule has 30 heavy (non-hydrogen) atoms. The van der Waals surface area contributed by atoms with E-state index in [0.29, 0.717) is 31.0 Å². The zero-order valence-corrected chi connectivity index (χ0v) is 18.9. The van der Waals surface area contributed by atoms with Gasteiger partial charge < -0.3 is 5.32 Å². The van der Waals surface area contributed by atoms with Crippen LogP contribution in [0.5, 0.6) is 0 Å². The lowest BCUT2D eigenvalue weighted by Crippen LogP contribution is -2.52. The number of nitrogens with zero attached hydrogens (tertiary/aromatic N) is 1. The van der Waals surface area contributed by atoms with Gasteiger partial charge in [-0.3, -0.25) is 4.90 Å². The molecule has 2 N–H and O–H groups in total. The smallest absolute Gasteiger partial charge is 0.307 e. The van der Waals surface area contributed by atoms with Gasteiger partial charge in [0.15, 0.2) is 0 Å². The maximum Gasteiger partial charge on any atom is 0.332 e. The highest BCUT2D eigenvalue weighted by molar-refractivity contribution is 7.90. The van der Waals surface area contributed by atoms with Crippen LogP contribution in [0.4, 0.5) is 10.5 Å². The fourth-order valence-corrected chi connectivity index (χ4v) is 8.01. The van der Waals surface area contributed by atoms with E-state index in [1.807, 2.05) is 0 Å². The van der Waals surface area contributed by atoms with Gasteiger partial charge in [-0.1, -0.05) is 6.07 Å². The Labute approximate surface area is 179 Å². The number of carbonyl (C=O) groups is 1. The number of anilines is 1. The summed E-state index contributed by atoms with van der Waals surface area (Å²) in [5.41, 5.74) is 5.97. The minimum Gasteiger partial charge on any atom is -0.307 e. The van der Waals surface area contributed by atoms with E-state index in [0.717, 1.165) is 57.1 Å². The molecule has 164 valence electrons. The van der Waals surface area contributed by atoms with Crippen molar-refractivity contribution in [2.75, 3.05) is 5.32 Å². The first kappa shape index (κ1) is 20.3. The van der Waals surface area contributed by atoms with E-state index in [9.17, 15) is 13.2 Å². The molecular weight excluding hydrogens is 398 g/mol. The van der Waals surface area contributed by atoms with Crippen LogP contribution in [0.3, 0.4) is 0 Å². The Kier molecular flexibility index (Phi) is 5.09. The number of piperidine rings is 1. The summed E-state index contributed by atoms with van der Waals surface area (Å²) < 4.78 is 28.5. The van der Waals surface area contributed by atoms with E-state index < -0.39 is 21.3 Å². The van der Waals surface area contributed by atoms with E-state index >= 15 is 0 Å². The number of carbonyl (C=O) groups excluding carboxylic acids is 1. The van der Waals surface area contributed by atoms with Crippen molar-refractivity contribution in [3.05, 3.63) is 28.3 Å². The van der Waals surface area contributed by atoms with Crippen LogP contribution < -0.4 is 10.0 Å². The maximum absolute atomic E-state index is 13.1. The highest BCUT2D eigenvalue weighted by Crippen LogP contribution is 2.40. The van der Waals surface area contributed by atoms with E-state index in [1.54, 1.807) is 0 Å². The van der Waals surface area contributed by atoms with Crippen molar-refractivity contribution in [2.45, 2.75) is 101 Å². The van der Waals surface area contributed by atoms with Crippen molar-refractivity contribution in [3.8, 4) is 0 Å². The molecule has 4 aliphatic rings. The molecule has 2 unspecified atom stereocenters. The van der Waals surface area contributed by atoms with Crippen molar-refractivity contribution < 1.29 is 13.2 Å². The van der Waals surface area contributed by atoms with Gasteiger partial charge in [0.25, 0.3) is 0 Å². The molecular formula is C23H33N3O3S. The third-order valence-corrected chi connectivity index (χ3v) is 9.46. The number of sulfonamides is 1.